The second kappa shape index (κ2) is 12.5. The SMILES string of the molecule is COc1cc(C=NNc2cc(N3CCOCC3)nc(N3CCOCC3)n2)ccc1OCc1ccccc1F. The Kier molecular flexibility index (Phi) is 8.46. The number of methoxy groups -OCH3 is 1. The molecule has 2 aliphatic heterocycles. The largest absolute Gasteiger partial charge is 0.493 e. The van der Waals surface area contributed by atoms with Crippen LogP contribution in [0.5, 0.6) is 11.5 Å². The number of halogens is 1. The number of rotatable bonds is 9. The van der Waals surface area contributed by atoms with Gasteiger partial charge in [0, 0.05) is 37.8 Å². The van der Waals surface area contributed by atoms with E-state index >= 15 is 0 Å². The van der Waals surface area contributed by atoms with Gasteiger partial charge in [-0.25, -0.2) is 4.39 Å². The summed E-state index contributed by atoms with van der Waals surface area (Å²) in [5, 5.41) is 4.40. The van der Waals surface area contributed by atoms with Gasteiger partial charge in [-0.05, 0) is 29.8 Å². The molecule has 3 heterocycles. The predicted molar refractivity (Wildman–Crippen MR) is 143 cm³/mol. The molecule has 11 heteroatoms. The number of benzene rings is 2. The maximum Gasteiger partial charge on any atom is 0.229 e. The van der Waals surface area contributed by atoms with Crippen LogP contribution in [0.25, 0.3) is 0 Å². The monoisotopic (exact) mass is 522 g/mol. The number of ether oxygens (including phenoxy) is 4. The van der Waals surface area contributed by atoms with Crippen LogP contribution >= 0.6 is 0 Å². The highest BCUT2D eigenvalue weighted by atomic mass is 19.1. The molecule has 0 radical (unpaired) electrons. The Hall–Kier alpha value is -3.96. The summed E-state index contributed by atoms with van der Waals surface area (Å²) in [4.78, 5) is 13.8. The summed E-state index contributed by atoms with van der Waals surface area (Å²) in [7, 11) is 1.56. The molecule has 2 aromatic carbocycles. The number of anilines is 3. The first-order valence-corrected chi connectivity index (χ1v) is 12.6. The quantitative estimate of drug-likeness (QED) is 0.336. The van der Waals surface area contributed by atoms with Gasteiger partial charge in [0.1, 0.15) is 18.2 Å². The average molecular weight is 523 g/mol. The van der Waals surface area contributed by atoms with Crippen LogP contribution in [0.15, 0.2) is 53.6 Å². The van der Waals surface area contributed by atoms with E-state index in [0.717, 1.165) is 37.6 Å². The van der Waals surface area contributed by atoms with Crippen LogP contribution in [0.1, 0.15) is 11.1 Å². The molecule has 0 unspecified atom stereocenters. The van der Waals surface area contributed by atoms with Gasteiger partial charge in [0.25, 0.3) is 0 Å². The molecular formula is C27H31FN6O4. The second-order valence-electron chi connectivity index (χ2n) is 8.77. The Labute approximate surface area is 221 Å². The third kappa shape index (κ3) is 6.48. The van der Waals surface area contributed by atoms with Gasteiger partial charge in [-0.15, -0.1) is 0 Å². The van der Waals surface area contributed by atoms with E-state index in [1.54, 1.807) is 43.7 Å². The summed E-state index contributed by atoms with van der Waals surface area (Å²) < 4.78 is 36.2. The van der Waals surface area contributed by atoms with E-state index in [1.165, 1.54) is 6.07 Å². The van der Waals surface area contributed by atoms with Crippen LogP contribution in [-0.2, 0) is 16.1 Å². The molecule has 1 aromatic heterocycles. The van der Waals surface area contributed by atoms with Crippen molar-refractivity contribution in [2.75, 3.05) is 74.9 Å². The number of hydrogen-bond acceptors (Lipinski definition) is 10. The van der Waals surface area contributed by atoms with Crippen LogP contribution < -0.4 is 24.7 Å². The minimum absolute atomic E-state index is 0.0999. The Morgan fingerprint density at radius 3 is 2.42 bits per heavy atom. The highest BCUT2D eigenvalue weighted by Gasteiger charge is 2.19. The first kappa shape index (κ1) is 25.7. The molecular weight excluding hydrogens is 491 g/mol. The van der Waals surface area contributed by atoms with E-state index in [4.69, 9.17) is 28.9 Å². The van der Waals surface area contributed by atoms with E-state index in [2.05, 4.69) is 20.3 Å². The van der Waals surface area contributed by atoms with Crippen molar-refractivity contribution in [3.63, 3.8) is 0 Å². The van der Waals surface area contributed by atoms with E-state index in [-0.39, 0.29) is 12.4 Å². The molecule has 38 heavy (non-hydrogen) atoms. The fourth-order valence-corrected chi connectivity index (χ4v) is 4.17. The molecule has 0 spiro atoms. The lowest BCUT2D eigenvalue weighted by Crippen LogP contribution is -2.39. The molecule has 0 atom stereocenters. The molecule has 2 saturated heterocycles. The first-order valence-electron chi connectivity index (χ1n) is 12.6. The summed E-state index contributed by atoms with van der Waals surface area (Å²) in [6, 6.07) is 13.9. The number of hydrazone groups is 1. The van der Waals surface area contributed by atoms with Crippen LogP contribution in [0.3, 0.4) is 0 Å². The highest BCUT2D eigenvalue weighted by Crippen LogP contribution is 2.29. The van der Waals surface area contributed by atoms with Gasteiger partial charge < -0.3 is 28.7 Å². The minimum Gasteiger partial charge on any atom is -0.493 e. The zero-order valence-electron chi connectivity index (χ0n) is 21.3. The van der Waals surface area contributed by atoms with Crippen molar-refractivity contribution in [3.05, 3.63) is 65.5 Å². The van der Waals surface area contributed by atoms with Crippen molar-refractivity contribution in [1.82, 2.24) is 9.97 Å². The maximum atomic E-state index is 13.9. The van der Waals surface area contributed by atoms with Gasteiger partial charge >= 0.3 is 0 Å². The van der Waals surface area contributed by atoms with Crippen LogP contribution in [0.4, 0.5) is 22.0 Å². The van der Waals surface area contributed by atoms with E-state index in [1.807, 2.05) is 12.1 Å². The number of morpholine rings is 2. The zero-order valence-corrected chi connectivity index (χ0v) is 21.3. The second-order valence-corrected chi connectivity index (χ2v) is 8.77. The molecule has 2 fully saturated rings. The number of nitrogens with zero attached hydrogens (tertiary/aromatic N) is 5. The standard InChI is InChI=1S/C27H31FN6O4/c1-35-24-16-20(6-7-23(24)38-19-21-4-2-3-5-22(21)28)18-29-32-25-17-26(33-8-12-36-13-9-33)31-27(30-25)34-10-14-37-15-11-34/h2-7,16-18H,8-15,19H2,1H3,(H,30,31,32). The Morgan fingerprint density at radius 2 is 1.68 bits per heavy atom. The third-order valence-electron chi connectivity index (χ3n) is 6.25. The average Bonchev–Trinajstić information content (AvgIpc) is 2.98. The van der Waals surface area contributed by atoms with Gasteiger partial charge in [0.2, 0.25) is 5.95 Å². The molecule has 3 aromatic rings. The molecule has 0 saturated carbocycles. The Bertz CT molecular complexity index is 1210. The third-order valence-corrected chi connectivity index (χ3v) is 6.25. The van der Waals surface area contributed by atoms with Crippen LogP contribution in [0.2, 0.25) is 0 Å². The summed E-state index contributed by atoms with van der Waals surface area (Å²) in [6.07, 6.45) is 1.67. The van der Waals surface area contributed by atoms with Gasteiger partial charge in [0.15, 0.2) is 17.3 Å². The lowest BCUT2D eigenvalue weighted by atomic mass is 10.2. The van der Waals surface area contributed by atoms with Crippen LogP contribution in [-0.4, -0.2) is 75.9 Å². The summed E-state index contributed by atoms with van der Waals surface area (Å²) in [5.41, 5.74) is 4.31. The summed E-state index contributed by atoms with van der Waals surface area (Å²) >= 11 is 0. The van der Waals surface area contributed by atoms with Gasteiger partial charge in [-0.2, -0.15) is 15.1 Å². The Balaban J connectivity index is 1.29. The highest BCUT2D eigenvalue weighted by molar-refractivity contribution is 5.81. The number of aromatic nitrogens is 2. The van der Waals surface area contributed by atoms with Gasteiger partial charge in [-0.1, -0.05) is 18.2 Å². The molecule has 0 aliphatic carbocycles. The summed E-state index contributed by atoms with van der Waals surface area (Å²) in [6.45, 7) is 5.74. The van der Waals surface area contributed by atoms with Crippen LogP contribution in [0, 0.1) is 5.82 Å². The first-order chi connectivity index (χ1) is 18.7. The zero-order chi connectivity index (χ0) is 26.2. The topological polar surface area (TPSA) is 93.6 Å². The molecule has 0 amide bonds. The predicted octanol–water partition coefficient (Wildman–Crippen LogP) is 3.32. The van der Waals surface area contributed by atoms with Gasteiger partial charge in [0.05, 0.1) is 39.8 Å². The molecule has 0 bridgehead atoms. The Morgan fingerprint density at radius 1 is 0.947 bits per heavy atom. The molecule has 2 aliphatic rings. The maximum absolute atomic E-state index is 13.9. The van der Waals surface area contributed by atoms with E-state index in [0.29, 0.717) is 55.3 Å². The fraction of sp³-hybridized carbons (Fsp3) is 0.370. The lowest BCUT2D eigenvalue weighted by Gasteiger charge is -2.31. The van der Waals surface area contributed by atoms with Crippen molar-refractivity contribution < 1.29 is 23.3 Å². The van der Waals surface area contributed by atoms with Crippen molar-refractivity contribution >= 4 is 23.8 Å². The minimum atomic E-state index is -0.306. The molecule has 200 valence electrons. The van der Waals surface area contributed by atoms with E-state index < -0.39 is 0 Å². The normalized spacial score (nSPS) is 16.1. The van der Waals surface area contributed by atoms with Crippen molar-refractivity contribution in [2.45, 2.75) is 6.61 Å². The van der Waals surface area contributed by atoms with Crippen molar-refractivity contribution in [3.8, 4) is 11.5 Å². The van der Waals surface area contributed by atoms with Gasteiger partial charge in [-0.3, -0.25) is 5.43 Å². The lowest BCUT2D eigenvalue weighted by molar-refractivity contribution is 0.121. The molecule has 5 rings (SSSR count). The fourth-order valence-electron chi connectivity index (χ4n) is 4.17. The molecule has 10 nitrogen and oxygen atoms in total. The smallest absolute Gasteiger partial charge is 0.229 e. The van der Waals surface area contributed by atoms with E-state index in [9.17, 15) is 4.39 Å². The molecule has 1 N–H and O–H groups in total. The number of hydrogen-bond donors (Lipinski definition) is 1. The summed E-state index contributed by atoms with van der Waals surface area (Å²) in [5.74, 6) is 2.81. The number of nitrogens with one attached hydrogen (secondary N) is 1. The van der Waals surface area contributed by atoms with Crippen molar-refractivity contribution in [1.29, 1.82) is 0 Å². The van der Waals surface area contributed by atoms with Crippen molar-refractivity contribution in [2.24, 2.45) is 5.10 Å².